The van der Waals surface area contributed by atoms with Crippen molar-refractivity contribution in [2.45, 2.75) is 25.8 Å². The first-order valence-electron chi connectivity index (χ1n) is 6.40. The third kappa shape index (κ3) is 4.21. The van der Waals surface area contributed by atoms with Crippen molar-refractivity contribution in [1.82, 2.24) is 5.32 Å². The number of rotatable bonds is 7. The van der Waals surface area contributed by atoms with E-state index in [4.69, 9.17) is 4.74 Å². The van der Waals surface area contributed by atoms with Crippen molar-refractivity contribution < 1.29 is 13.9 Å². The van der Waals surface area contributed by atoms with Crippen LogP contribution in [0.3, 0.4) is 0 Å². The molecule has 0 spiro atoms. The molecule has 0 aliphatic rings. The van der Waals surface area contributed by atoms with Crippen LogP contribution >= 0.6 is 0 Å². The topological polar surface area (TPSA) is 50.4 Å². The molecule has 0 fully saturated rings. The third-order valence-corrected chi connectivity index (χ3v) is 2.85. The number of methoxy groups -OCH3 is 1. The number of anilines is 1. The van der Waals surface area contributed by atoms with Crippen molar-refractivity contribution in [3.63, 3.8) is 0 Å². The van der Waals surface area contributed by atoms with Crippen molar-refractivity contribution in [2.24, 2.45) is 0 Å². The van der Waals surface area contributed by atoms with E-state index in [2.05, 4.69) is 10.6 Å². The molecular formula is C14H21FN2O2. The van der Waals surface area contributed by atoms with Gasteiger partial charge >= 0.3 is 0 Å². The lowest BCUT2D eigenvalue weighted by molar-refractivity contribution is 0.0892. The molecule has 0 saturated heterocycles. The summed E-state index contributed by atoms with van der Waals surface area (Å²) in [4.78, 5) is 12.2. The second-order valence-corrected chi connectivity index (χ2v) is 4.33. The second-order valence-electron chi connectivity index (χ2n) is 4.33. The molecule has 1 rings (SSSR count). The highest BCUT2D eigenvalue weighted by molar-refractivity contribution is 5.99. The van der Waals surface area contributed by atoms with Crippen LogP contribution in [-0.2, 0) is 4.74 Å². The van der Waals surface area contributed by atoms with Gasteiger partial charge in [-0.15, -0.1) is 0 Å². The number of carbonyl (C=O) groups excluding carboxylic acids is 1. The Labute approximate surface area is 113 Å². The van der Waals surface area contributed by atoms with Gasteiger partial charge in [-0.05, 0) is 18.6 Å². The normalized spacial score (nSPS) is 12.0. The van der Waals surface area contributed by atoms with Crippen molar-refractivity contribution in [3.8, 4) is 0 Å². The fourth-order valence-electron chi connectivity index (χ4n) is 1.98. The summed E-state index contributed by atoms with van der Waals surface area (Å²) in [5.41, 5.74) is 0.521. The van der Waals surface area contributed by atoms with E-state index in [0.717, 1.165) is 12.8 Å². The number of benzene rings is 1. The van der Waals surface area contributed by atoms with E-state index in [1.54, 1.807) is 20.2 Å². The van der Waals surface area contributed by atoms with Crippen LogP contribution < -0.4 is 10.6 Å². The van der Waals surface area contributed by atoms with Crippen LogP contribution in [0.15, 0.2) is 18.2 Å². The third-order valence-electron chi connectivity index (χ3n) is 2.85. The van der Waals surface area contributed by atoms with Gasteiger partial charge in [0.25, 0.3) is 5.91 Å². The van der Waals surface area contributed by atoms with E-state index < -0.39 is 5.82 Å². The van der Waals surface area contributed by atoms with E-state index in [-0.39, 0.29) is 17.6 Å². The quantitative estimate of drug-likeness (QED) is 0.798. The summed E-state index contributed by atoms with van der Waals surface area (Å²) >= 11 is 0. The molecule has 0 saturated carbocycles. The van der Waals surface area contributed by atoms with Gasteiger partial charge in [-0.25, -0.2) is 4.39 Å². The second kappa shape index (κ2) is 7.74. The number of carbonyl (C=O) groups is 1. The highest BCUT2D eigenvalue weighted by Gasteiger charge is 2.17. The molecule has 0 bridgehead atoms. The Kier molecular flexibility index (Phi) is 6.29. The molecular weight excluding hydrogens is 247 g/mol. The first-order valence-corrected chi connectivity index (χ1v) is 6.40. The summed E-state index contributed by atoms with van der Waals surface area (Å²) in [7, 11) is 3.18. The van der Waals surface area contributed by atoms with Gasteiger partial charge < -0.3 is 15.4 Å². The monoisotopic (exact) mass is 268 g/mol. The molecule has 1 aromatic carbocycles. The Morgan fingerprint density at radius 2 is 2.21 bits per heavy atom. The average Bonchev–Trinajstić information content (AvgIpc) is 2.39. The molecule has 19 heavy (non-hydrogen) atoms. The van der Waals surface area contributed by atoms with E-state index in [1.165, 1.54) is 12.1 Å². The minimum atomic E-state index is -0.436. The molecule has 0 heterocycles. The SMILES string of the molecule is CCCC(COC)NC(=O)c1cccc(F)c1NC. The van der Waals surface area contributed by atoms with Gasteiger partial charge in [-0.1, -0.05) is 19.4 Å². The molecule has 1 unspecified atom stereocenters. The van der Waals surface area contributed by atoms with Gasteiger partial charge in [0, 0.05) is 14.2 Å². The highest BCUT2D eigenvalue weighted by atomic mass is 19.1. The maximum atomic E-state index is 13.6. The number of para-hydroxylation sites is 1. The molecule has 0 aliphatic carbocycles. The Hall–Kier alpha value is -1.62. The molecule has 0 aromatic heterocycles. The summed E-state index contributed by atoms with van der Waals surface area (Å²) in [6.45, 7) is 2.49. The van der Waals surface area contributed by atoms with Crippen molar-refractivity contribution in [2.75, 3.05) is 26.1 Å². The summed E-state index contributed by atoms with van der Waals surface area (Å²) in [6, 6.07) is 4.38. The number of ether oxygens (including phenoxy) is 1. The molecule has 1 atom stereocenters. The predicted octanol–water partition coefficient (Wildman–Crippen LogP) is 2.41. The van der Waals surface area contributed by atoms with Gasteiger partial charge in [0.2, 0.25) is 0 Å². The first kappa shape index (κ1) is 15.4. The number of halogens is 1. The van der Waals surface area contributed by atoms with Crippen molar-refractivity contribution in [3.05, 3.63) is 29.6 Å². The zero-order chi connectivity index (χ0) is 14.3. The lowest BCUT2D eigenvalue weighted by atomic mass is 10.1. The van der Waals surface area contributed by atoms with Gasteiger partial charge in [0.05, 0.1) is 23.9 Å². The fourth-order valence-corrected chi connectivity index (χ4v) is 1.98. The summed E-state index contributed by atoms with van der Waals surface area (Å²) in [6.07, 6.45) is 1.76. The van der Waals surface area contributed by atoms with Gasteiger partial charge in [0.15, 0.2) is 0 Å². The number of nitrogens with one attached hydrogen (secondary N) is 2. The van der Waals surface area contributed by atoms with E-state index in [1.807, 2.05) is 6.92 Å². The van der Waals surface area contributed by atoms with Crippen molar-refractivity contribution in [1.29, 1.82) is 0 Å². The van der Waals surface area contributed by atoms with Crippen LogP contribution in [0.4, 0.5) is 10.1 Å². The zero-order valence-electron chi connectivity index (χ0n) is 11.6. The highest BCUT2D eigenvalue weighted by Crippen LogP contribution is 2.19. The molecule has 2 N–H and O–H groups in total. The van der Waals surface area contributed by atoms with E-state index in [9.17, 15) is 9.18 Å². The first-order chi connectivity index (χ1) is 9.13. The molecule has 0 radical (unpaired) electrons. The molecule has 5 heteroatoms. The standard InChI is InChI=1S/C14H21FN2O2/c1-4-6-10(9-19-3)17-14(18)11-7-5-8-12(15)13(11)16-2/h5,7-8,10,16H,4,6,9H2,1-3H3,(H,17,18). The van der Waals surface area contributed by atoms with Gasteiger partial charge in [0.1, 0.15) is 5.82 Å². The molecule has 0 aliphatic heterocycles. The van der Waals surface area contributed by atoms with Crippen LogP contribution in [0, 0.1) is 5.82 Å². The summed E-state index contributed by atoms with van der Waals surface area (Å²) in [5.74, 6) is -0.728. The fraction of sp³-hybridized carbons (Fsp3) is 0.500. The van der Waals surface area contributed by atoms with Crippen molar-refractivity contribution >= 4 is 11.6 Å². The molecule has 106 valence electrons. The van der Waals surface area contributed by atoms with Crippen LogP contribution in [0.5, 0.6) is 0 Å². The van der Waals surface area contributed by atoms with Crippen LogP contribution in [0.25, 0.3) is 0 Å². The van der Waals surface area contributed by atoms with Crippen LogP contribution in [0.2, 0.25) is 0 Å². The number of hydrogen-bond acceptors (Lipinski definition) is 3. The number of amides is 1. The van der Waals surface area contributed by atoms with Gasteiger partial charge in [-0.3, -0.25) is 4.79 Å². The van der Waals surface area contributed by atoms with Crippen LogP contribution in [-0.4, -0.2) is 32.7 Å². The summed E-state index contributed by atoms with van der Waals surface area (Å²) in [5, 5.41) is 5.58. The smallest absolute Gasteiger partial charge is 0.253 e. The maximum absolute atomic E-state index is 13.6. The van der Waals surface area contributed by atoms with Gasteiger partial charge in [-0.2, -0.15) is 0 Å². The maximum Gasteiger partial charge on any atom is 0.253 e. The molecule has 1 aromatic rings. The van der Waals surface area contributed by atoms with E-state index >= 15 is 0 Å². The van der Waals surface area contributed by atoms with Crippen LogP contribution in [0.1, 0.15) is 30.1 Å². The lowest BCUT2D eigenvalue weighted by Crippen LogP contribution is -2.38. The Balaban J connectivity index is 2.84. The minimum absolute atomic E-state index is 0.0597. The minimum Gasteiger partial charge on any atom is -0.385 e. The Morgan fingerprint density at radius 3 is 2.79 bits per heavy atom. The lowest BCUT2D eigenvalue weighted by Gasteiger charge is -2.18. The molecule has 4 nitrogen and oxygen atoms in total. The predicted molar refractivity (Wildman–Crippen MR) is 74.0 cm³/mol. The average molecular weight is 268 g/mol. The summed E-state index contributed by atoms with van der Waals surface area (Å²) < 4.78 is 18.6. The van der Waals surface area contributed by atoms with E-state index in [0.29, 0.717) is 12.2 Å². The largest absolute Gasteiger partial charge is 0.385 e. The number of hydrogen-bond donors (Lipinski definition) is 2. The molecule has 1 amide bonds. The Morgan fingerprint density at radius 1 is 1.47 bits per heavy atom. The zero-order valence-corrected chi connectivity index (χ0v) is 11.6. The Bertz CT molecular complexity index is 418.